The average molecular weight is 550 g/mol. The zero-order valence-corrected chi connectivity index (χ0v) is 22.8. The van der Waals surface area contributed by atoms with E-state index in [0.717, 1.165) is 32.1 Å². The van der Waals surface area contributed by atoms with Gasteiger partial charge in [-0.15, -0.1) is 0 Å². The van der Waals surface area contributed by atoms with Crippen LogP contribution in [0.2, 0.25) is 0 Å². The molecule has 2 aromatic rings. The van der Waals surface area contributed by atoms with Gasteiger partial charge < -0.3 is 19.5 Å². The molecule has 4 rings (SSSR count). The van der Waals surface area contributed by atoms with Crippen molar-refractivity contribution in [2.24, 2.45) is 0 Å². The molecule has 12 heteroatoms. The molecular formula is C26H35N3O8S. The minimum absolute atomic E-state index is 0.00482. The molecule has 1 aromatic heterocycles. The van der Waals surface area contributed by atoms with Gasteiger partial charge in [0.05, 0.1) is 4.90 Å². The third kappa shape index (κ3) is 6.65. The molecule has 1 N–H and O–H groups in total. The third-order valence-electron chi connectivity index (χ3n) is 6.60. The molecule has 2 fully saturated rings. The first-order valence-corrected chi connectivity index (χ1v) is 14.3. The van der Waals surface area contributed by atoms with Gasteiger partial charge in [0.25, 0.3) is 5.56 Å². The van der Waals surface area contributed by atoms with Gasteiger partial charge in [-0.1, -0.05) is 12.5 Å². The Morgan fingerprint density at radius 3 is 2.50 bits per heavy atom. The second-order valence-electron chi connectivity index (χ2n) is 10.7. The summed E-state index contributed by atoms with van der Waals surface area (Å²) < 4.78 is 45.2. The number of hydrogen-bond donors (Lipinski definition) is 1. The summed E-state index contributed by atoms with van der Waals surface area (Å²) >= 11 is 0. The monoisotopic (exact) mass is 549 g/mol. The van der Waals surface area contributed by atoms with E-state index in [4.69, 9.17) is 14.2 Å². The van der Waals surface area contributed by atoms with Gasteiger partial charge in [0.15, 0.2) is 6.73 Å². The van der Waals surface area contributed by atoms with Crippen LogP contribution in [0.3, 0.4) is 0 Å². The van der Waals surface area contributed by atoms with E-state index in [1.54, 1.807) is 20.8 Å². The number of hydrogen-bond acceptors (Lipinski definition) is 8. The van der Waals surface area contributed by atoms with Gasteiger partial charge in [-0.2, -0.15) is 4.31 Å². The van der Waals surface area contributed by atoms with Gasteiger partial charge in [-0.3, -0.25) is 9.36 Å². The van der Waals surface area contributed by atoms with E-state index in [1.165, 1.54) is 39.3 Å². The van der Waals surface area contributed by atoms with Crippen LogP contribution in [-0.4, -0.2) is 60.4 Å². The molecule has 1 amide bonds. The molecule has 1 aromatic carbocycles. The molecular weight excluding hydrogens is 514 g/mol. The highest BCUT2D eigenvalue weighted by molar-refractivity contribution is 7.89. The van der Waals surface area contributed by atoms with Crippen LogP contribution in [-0.2, 0) is 31.0 Å². The number of amides is 1. The highest BCUT2D eigenvalue weighted by Gasteiger charge is 2.35. The highest BCUT2D eigenvalue weighted by Crippen LogP contribution is 2.27. The van der Waals surface area contributed by atoms with Gasteiger partial charge >= 0.3 is 12.2 Å². The van der Waals surface area contributed by atoms with Crippen LogP contribution in [0.4, 0.5) is 9.59 Å². The van der Waals surface area contributed by atoms with Crippen LogP contribution in [0, 0.1) is 0 Å². The smallest absolute Gasteiger partial charge is 0.444 e. The summed E-state index contributed by atoms with van der Waals surface area (Å²) in [5.74, 6) is 0. The first-order chi connectivity index (χ1) is 17.9. The van der Waals surface area contributed by atoms with Gasteiger partial charge in [-0.25, -0.2) is 18.0 Å². The number of aromatic nitrogens is 1. The van der Waals surface area contributed by atoms with Crippen molar-refractivity contribution in [2.75, 3.05) is 13.1 Å². The SMILES string of the molecule is CC(C)(C)OC(=O)NC1CCN(S(=O)(=O)c2cccc3c(=O)n(COC(=O)OC4CCCCC4)ccc23)C1. The number of carbonyl (C=O) groups excluding carboxylic acids is 2. The maximum atomic E-state index is 13.5. The summed E-state index contributed by atoms with van der Waals surface area (Å²) in [7, 11) is -3.95. The first kappa shape index (κ1) is 27.9. The molecule has 1 atom stereocenters. The highest BCUT2D eigenvalue weighted by atomic mass is 32.2. The number of carbonyl (C=O) groups is 2. The number of ether oxygens (including phenoxy) is 3. The molecule has 0 spiro atoms. The lowest BCUT2D eigenvalue weighted by Gasteiger charge is -2.22. The van der Waals surface area contributed by atoms with Gasteiger partial charge in [0, 0.05) is 36.1 Å². The van der Waals surface area contributed by atoms with Crippen molar-refractivity contribution in [2.45, 2.75) is 88.7 Å². The number of sulfonamides is 1. The Morgan fingerprint density at radius 2 is 1.79 bits per heavy atom. The second-order valence-corrected chi connectivity index (χ2v) is 12.6. The Balaban J connectivity index is 1.45. The van der Waals surface area contributed by atoms with Gasteiger partial charge in [-0.05, 0) is 71.1 Å². The maximum Gasteiger partial charge on any atom is 0.510 e. The number of nitrogens with one attached hydrogen (secondary N) is 1. The minimum atomic E-state index is -3.95. The molecule has 0 bridgehead atoms. The van der Waals surface area contributed by atoms with Crippen LogP contribution in [0.1, 0.15) is 59.3 Å². The van der Waals surface area contributed by atoms with Gasteiger partial charge in [0.1, 0.15) is 11.7 Å². The van der Waals surface area contributed by atoms with Crippen molar-refractivity contribution in [3.63, 3.8) is 0 Å². The molecule has 0 radical (unpaired) electrons. The normalized spacial score (nSPS) is 19.3. The van der Waals surface area contributed by atoms with Crippen LogP contribution in [0.5, 0.6) is 0 Å². The van der Waals surface area contributed by atoms with Crippen LogP contribution < -0.4 is 10.9 Å². The van der Waals surface area contributed by atoms with E-state index in [-0.39, 0.29) is 41.6 Å². The summed E-state index contributed by atoms with van der Waals surface area (Å²) in [6, 6.07) is 5.62. The van der Waals surface area contributed by atoms with E-state index in [1.807, 2.05) is 0 Å². The van der Waals surface area contributed by atoms with Crippen molar-refractivity contribution in [1.29, 1.82) is 0 Å². The molecule has 1 unspecified atom stereocenters. The topological polar surface area (TPSA) is 133 Å². The van der Waals surface area contributed by atoms with E-state index >= 15 is 0 Å². The van der Waals surface area contributed by atoms with Crippen molar-refractivity contribution in [3.05, 3.63) is 40.8 Å². The molecule has 208 valence electrons. The van der Waals surface area contributed by atoms with E-state index in [9.17, 15) is 22.8 Å². The number of nitrogens with zero attached hydrogens (tertiary/aromatic N) is 2. The third-order valence-corrected chi connectivity index (χ3v) is 8.53. The van der Waals surface area contributed by atoms with Crippen LogP contribution in [0.25, 0.3) is 10.8 Å². The lowest BCUT2D eigenvalue weighted by atomic mass is 9.98. The zero-order valence-electron chi connectivity index (χ0n) is 22.0. The predicted octanol–water partition coefficient (Wildman–Crippen LogP) is 3.73. The first-order valence-electron chi connectivity index (χ1n) is 12.9. The Hall–Kier alpha value is -3.12. The van der Waals surface area contributed by atoms with E-state index in [2.05, 4.69) is 5.32 Å². The number of benzene rings is 1. The lowest BCUT2D eigenvalue weighted by molar-refractivity contribution is -0.00414. The quantitative estimate of drug-likeness (QED) is 0.539. The van der Waals surface area contributed by atoms with Gasteiger partial charge in [0.2, 0.25) is 10.0 Å². The van der Waals surface area contributed by atoms with E-state index < -0.39 is 39.5 Å². The fourth-order valence-electron chi connectivity index (χ4n) is 4.77. The molecule has 1 aliphatic heterocycles. The van der Waals surface area contributed by atoms with Crippen LogP contribution >= 0.6 is 0 Å². The van der Waals surface area contributed by atoms with E-state index in [0.29, 0.717) is 6.42 Å². The fraction of sp³-hybridized carbons (Fsp3) is 0.577. The molecule has 1 aliphatic carbocycles. The largest absolute Gasteiger partial charge is 0.510 e. The summed E-state index contributed by atoms with van der Waals surface area (Å²) in [4.78, 5) is 37.3. The van der Waals surface area contributed by atoms with Crippen molar-refractivity contribution < 1.29 is 32.2 Å². The van der Waals surface area contributed by atoms with Crippen molar-refractivity contribution >= 4 is 33.0 Å². The standard InChI is InChI=1S/C26H35N3O8S/c1-26(2,3)37-24(31)27-18-12-15-29(16-18)38(33,34)22-11-7-10-21-20(22)13-14-28(23(21)30)17-35-25(32)36-19-8-5-4-6-9-19/h7,10-11,13-14,18-19H,4-6,8-9,12,15-17H2,1-3H3,(H,27,31). The molecule has 1 saturated heterocycles. The molecule has 11 nitrogen and oxygen atoms in total. The van der Waals surface area contributed by atoms with Crippen LogP contribution in [0.15, 0.2) is 40.2 Å². The van der Waals surface area contributed by atoms with Crippen molar-refractivity contribution in [3.8, 4) is 0 Å². The zero-order chi connectivity index (χ0) is 27.5. The Bertz CT molecular complexity index is 1340. The Morgan fingerprint density at radius 1 is 1.05 bits per heavy atom. The Labute approximate surface area is 222 Å². The Kier molecular flexibility index (Phi) is 8.31. The van der Waals surface area contributed by atoms with Crippen molar-refractivity contribution in [1.82, 2.24) is 14.2 Å². The maximum absolute atomic E-state index is 13.5. The number of alkyl carbamates (subject to hydrolysis) is 1. The molecule has 2 heterocycles. The number of pyridine rings is 1. The average Bonchev–Trinajstić information content (AvgIpc) is 3.32. The summed E-state index contributed by atoms with van der Waals surface area (Å²) in [6.07, 6.45) is 4.98. The number of rotatable bonds is 6. The molecule has 1 saturated carbocycles. The fourth-order valence-corrected chi connectivity index (χ4v) is 6.48. The second kappa shape index (κ2) is 11.3. The summed E-state index contributed by atoms with van der Waals surface area (Å²) in [6.45, 7) is 5.21. The molecule has 2 aliphatic rings. The minimum Gasteiger partial charge on any atom is -0.444 e. The number of fused-ring (bicyclic) bond motifs is 1. The molecule has 38 heavy (non-hydrogen) atoms. The summed E-state index contributed by atoms with van der Waals surface area (Å²) in [5, 5.41) is 3.17. The predicted molar refractivity (Wildman–Crippen MR) is 139 cm³/mol. The lowest BCUT2D eigenvalue weighted by Crippen LogP contribution is -2.41. The summed E-state index contributed by atoms with van der Waals surface area (Å²) in [5.41, 5.74) is -1.15.